The van der Waals surface area contributed by atoms with Gasteiger partial charge in [-0.3, -0.25) is 4.79 Å². The lowest BCUT2D eigenvalue weighted by molar-refractivity contribution is 0.0928. The Kier molecular flexibility index (Phi) is 5.17. The summed E-state index contributed by atoms with van der Waals surface area (Å²) in [4.78, 5) is 12.3. The molecule has 1 saturated carbocycles. The van der Waals surface area contributed by atoms with Crippen molar-refractivity contribution in [2.24, 2.45) is 0 Å². The van der Waals surface area contributed by atoms with E-state index in [2.05, 4.69) is 11.6 Å². The summed E-state index contributed by atoms with van der Waals surface area (Å²) in [5.74, 6) is 0.498. The molecule has 1 aromatic carbocycles. The zero-order valence-corrected chi connectivity index (χ0v) is 12.8. The molecule has 2 unspecified atom stereocenters. The van der Waals surface area contributed by atoms with Gasteiger partial charge in [0.2, 0.25) is 0 Å². The summed E-state index contributed by atoms with van der Waals surface area (Å²) in [5, 5.41) is 3.78. The molecule has 110 valence electrons. The van der Waals surface area contributed by atoms with E-state index in [0.717, 1.165) is 12.8 Å². The van der Waals surface area contributed by atoms with E-state index in [1.807, 2.05) is 11.8 Å². The predicted molar refractivity (Wildman–Crippen MR) is 84.4 cm³/mol. The Hall–Kier alpha value is -1.36. The fraction of sp³-hybridized carbons (Fsp3) is 0.533. The predicted octanol–water partition coefficient (Wildman–Crippen LogP) is 2.68. The van der Waals surface area contributed by atoms with E-state index in [0.29, 0.717) is 22.3 Å². The first-order valence-corrected chi connectivity index (χ1v) is 8.20. The Morgan fingerprint density at radius 3 is 2.95 bits per heavy atom. The molecule has 0 bridgehead atoms. The van der Waals surface area contributed by atoms with Crippen LogP contribution in [0.5, 0.6) is 5.75 Å². The van der Waals surface area contributed by atoms with Crippen LogP contribution >= 0.6 is 11.8 Å². The SMILES string of the molecule is COc1cc(C(=O)NC2CCCC(SC)C2)ccc1N. The molecular weight excluding hydrogens is 272 g/mol. The van der Waals surface area contributed by atoms with Crippen molar-refractivity contribution in [3.63, 3.8) is 0 Å². The number of hydrogen-bond acceptors (Lipinski definition) is 4. The minimum atomic E-state index is -0.0462. The van der Waals surface area contributed by atoms with Crippen molar-refractivity contribution in [1.82, 2.24) is 5.32 Å². The Labute approximate surface area is 124 Å². The van der Waals surface area contributed by atoms with E-state index in [-0.39, 0.29) is 11.9 Å². The van der Waals surface area contributed by atoms with Gasteiger partial charge in [0.1, 0.15) is 5.75 Å². The van der Waals surface area contributed by atoms with Gasteiger partial charge in [0.05, 0.1) is 12.8 Å². The highest BCUT2D eigenvalue weighted by molar-refractivity contribution is 7.99. The van der Waals surface area contributed by atoms with Crippen LogP contribution in [0.4, 0.5) is 5.69 Å². The number of nitrogen functional groups attached to an aromatic ring is 1. The maximum atomic E-state index is 12.3. The minimum Gasteiger partial charge on any atom is -0.495 e. The van der Waals surface area contributed by atoms with Crippen LogP contribution in [0, 0.1) is 0 Å². The van der Waals surface area contributed by atoms with Gasteiger partial charge in [0.15, 0.2) is 0 Å². The molecule has 3 N–H and O–H groups in total. The van der Waals surface area contributed by atoms with E-state index in [1.165, 1.54) is 12.8 Å². The van der Waals surface area contributed by atoms with Gasteiger partial charge in [-0.15, -0.1) is 0 Å². The standard InChI is InChI=1S/C15H22N2O2S/c1-19-14-8-10(6-7-13(14)16)15(18)17-11-4-3-5-12(9-11)20-2/h6-8,11-12H,3-5,9,16H2,1-2H3,(H,17,18). The number of anilines is 1. The second kappa shape index (κ2) is 6.88. The molecule has 0 radical (unpaired) electrons. The van der Waals surface area contributed by atoms with Gasteiger partial charge in [-0.1, -0.05) is 6.42 Å². The third kappa shape index (κ3) is 3.60. The number of methoxy groups -OCH3 is 1. The van der Waals surface area contributed by atoms with Crippen molar-refractivity contribution >= 4 is 23.4 Å². The number of hydrogen-bond donors (Lipinski definition) is 2. The molecule has 1 fully saturated rings. The van der Waals surface area contributed by atoms with Crippen LogP contribution in [0.1, 0.15) is 36.0 Å². The number of amides is 1. The quantitative estimate of drug-likeness (QED) is 0.838. The molecule has 2 atom stereocenters. The third-order valence-corrected chi connectivity index (χ3v) is 4.89. The fourth-order valence-electron chi connectivity index (χ4n) is 2.61. The van der Waals surface area contributed by atoms with E-state index in [9.17, 15) is 4.79 Å². The van der Waals surface area contributed by atoms with Gasteiger partial charge >= 0.3 is 0 Å². The van der Waals surface area contributed by atoms with Crippen LogP contribution in [-0.2, 0) is 0 Å². The van der Waals surface area contributed by atoms with Crippen molar-refractivity contribution in [3.05, 3.63) is 23.8 Å². The minimum absolute atomic E-state index is 0.0462. The Bertz CT molecular complexity index is 479. The second-order valence-corrected chi connectivity index (χ2v) is 6.29. The fourth-order valence-corrected chi connectivity index (χ4v) is 3.44. The molecule has 4 nitrogen and oxygen atoms in total. The first-order valence-electron chi connectivity index (χ1n) is 6.91. The summed E-state index contributed by atoms with van der Waals surface area (Å²) in [5.41, 5.74) is 6.91. The van der Waals surface area contributed by atoms with Gasteiger partial charge in [-0.25, -0.2) is 0 Å². The molecular formula is C15H22N2O2S. The van der Waals surface area contributed by atoms with Crippen LogP contribution in [-0.4, -0.2) is 30.6 Å². The maximum Gasteiger partial charge on any atom is 0.251 e. The van der Waals surface area contributed by atoms with Gasteiger partial charge in [-0.2, -0.15) is 11.8 Å². The average molecular weight is 294 g/mol. The lowest BCUT2D eigenvalue weighted by Crippen LogP contribution is -2.39. The van der Waals surface area contributed by atoms with Gasteiger partial charge in [0.25, 0.3) is 5.91 Å². The van der Waals surface area contributed by atoms with E-state index >= 15 is 0 Å². The summed E-state index contributed by atoms with van der Waals surface area (Å²) in [6, 6.07) is 5.42. The van der Waals surface area contributed by atoms with Gasteiger partial charge < -0.3 is 15.8 Å². The van der Waals surface area contributed by atoms with E-state index in [4.69, 9.17) is 10.5 Å². The zero-order valence-electron chi connectivity index (χ0n) is 12.0. The molecule has 0 saturated heterocycles. The first kappa shape index (κ1) is 15.0. The lowest BCUT2D eigenvalue weighted by Gasteiger charge is -2.28. The topological polar surface area (TPSA) is 64.3 Å². The summed E-state index contributed by atoms with van der Waals surface area (Å²) < 4.78 is 5.15. The third-order valence-electron chi connectivity index (χ3n) is 3.79. The van der Waals surface area contributed by atoms with Crippen LogP contribution in [0.25, 0.3) is 0 Å². The second-order valence-electron chi connectivity index (χ2n) is 5.15. The number of nitrogens with one attached hydrogen (secondary N) is 1. The maximum absolute atomic E-state index is 12.3. The van der Waals surface area contributed by atoms with Gasteiger partial charge in [0, 0.05) is 16.9 Å². The average Bonchev–Trinajstić information content (AvgIpc) is 2.47. The molecule has 0 aliphatic heterocycles. The zero-order chi connectivity index (χ0) is 14.5. The van der Waals surface area contributed by atoms with Crippen LogP contribution < -0.4 is 15.8 Å². The largest absolute Gasteiger partial charge is 0.495 e. The van der Waals surface area contributed by atoms with Crippen LogP contribution in [0.2, 0.25) is 0 Å². The van der Waals surface area contributed by atoms with E-state index < -0.39 is 0 Å². The highest BCUT2D eigenvalue weighted by Crippen LogP contribution is 2.27. The molecule has 0 spiro atoms. The summed E-state index contributed by atoms with van der Waals surface area (Å²) in [6.07, 6.45) is 6.69. The molecule has 1 aromatic rings. The number of nitrogens with two attached hydrogens (primary N) is 1. The molecule has 1 aliphatic rings. The number of thioether (sulfide) groups is 1. The smallest absolute Gasteiger partial charge is 0.251 e. The molecule has 2 rings (SSSR count). The molecule has 5 heteroatoms. The number of benzene rings is 1. The van der Waals surface area contributed by atoms with Crippen molar-refractivity contribution in [3.8, 4) is 5.75 Å². The number of carbonyl (C=O) groups excluding carboxylic acids is 1. The van der Waals surface area contributed by atoms with Crippen LogP contribution in [0.3, 0.4) is 0 Å². The lowest BCUT2D eigenvalue weighted by atomic mass is 9.94. The molecule has 1 aliphatic carbocycles. The van der Waals surface area contributed by atoms with Crippen molar-refractivity contribution in [2.45, 2.75) is 37.0 Å². The summed E-state index contributed by atoms with van der Waals surface area (Å²) >= 11 is 1.89. The van der Waals surface area contributed by atoms with Crippen molar-refractivity contribution in [1.29, 1.82) is 0 Å². The van der Waals surface area contributed by atoms with Crippen molar-refractivity contribution < 1.29 is 9.53 Å². The molecule has 20 heavy (non-hydrogen) atoms. The Morgan fingerprint density at radius 1 is 1.45 bits per heavy atom. The summed E-state index contributed by atoms with van der Waals surface area (Å²) in [7, 11) is 1.55. The summed E-state index contributed by atoms with van der Waals surface area (Å²) in [6.45, 7) is 0. The van der Waals surface area contributed by atoms with Crippen molar-refractivity contribution in [2.75, 3.05) is 19.1 Å². The van der Waals surface area contributed by atoms with Crippen LogP contribution in [0.15, 0.2) is 18.2 Å². The highest BCUT2D eigenvalue weighted by atomic mass is 32.2. The molecule has 0 aromatic heterocycles. The molecule has 0 heterocycles. The highest BCUT2D eigenvalue weighted by Gasteiger charge is 2.23. The van der Waals surface area contributed by atoms with E-state index in [1.54, 1.807) is 25.3 Å². The number of carbonyl (C=O) groups is 1. The number of ether oxygens (including phenoxy) is 1. The van der Waals surface area contributed by atoms with Gasteiger partial charge in [-0.05, 0) is 43.7 Å². The Balaban J connectivity index is 2.01. The Morgan fingerprint density at radius 2 is 2.25 bits per heavy atom. The molecule has 1 amide bonds. The number of rotatable bonds is 4. The first-order chi connectivity index (χ1) is 9.63. The monoisotopic (exact) mass is 294 g/mol. The normalized spacial score (nSPS) is 22.3.